The van der Waals surface area contributed by atoms with Crippen molar-refractivity contribution in [2.75, 3.05) is 13.2 Å². The van der Waals surface area contributed by atoms with Crippen LogP contribution in [-0.2, 0) is 6.42 Å². The molecule has 0 heterocycles. The largest absolute Gasteiger partial charge is 0.492 e. The van der Waals surface area contributed by atoms with Crippen LogP contribution in [0.5, 0.6) is 5.75 Å². The first-order chi connectivity index (χ1) is 7.77. The Hall–Kier alpha value is -1.02. The van der Waals surface area contributed by atoms with E-state index < -0.39 is 0 Å². The molecule has 2 heteroatoms. The van der Waals surface area contributed by atoms with Gasteiger partial charge in [-0.05, 0) is 37.0 Å². The monoisotopic (exact) mass is 221 g/mol. The summed E-state index contributed by atoms with van der Waals surface area (Å²) in [4.78, 5) is 0. The zero-order chi connectivity index (χ0) is 11.8. The van der Waals surface area contributed by atoms with Crippen LogP contribution in [0.4, 0.5) is 0 Å². The fourth-order valence-corrected chi connectivity index (χ4v) is 1.78. The quantitative estimate of drug-likeness (QED) is 0.718. The number of nitrogens with two attached hydrogens (primary N) is 1. The standard InChI is InChI=1S/C14H23NO/c1-3-4-5-6-13-7-8-14(12(2)11-13)16-10-9-15/h7-8,11H,3-6,9-10,15H2,1-2H3. The van der Waals surface area contributed by atoms with Crippen LogP contribution in [0.3, 0.4) is 0 Å². The van der Waals surface area contributed by atoms with Crippen LogP contribution in [-0.4, -0.2) is 13.2 Å². The van der Waals surface area contributed by atoms with E-state index in [4.69, 9.17) is 10.5 Å². The maximum absolute atomic E-state index is 5.54. The Morgan fingerprint density at radius 2 is 2.06 bits per heavy atom. The summed E-state index contributed by atoms with van der Waals surface area (Å²) in [5, 5.41) is 0. The third-order valence-electron chi connectivity index (χ3n) is 2.68. The highest BCUT2D eigenvalue weighted by atomic mass is 16.5. The van der Waals surface area contributed by atoms with Crippen LogP contribution in [0.1, 0.15) is 37.3 Å². The van der Waals surface area contributed by atoms with Gasteiger partial charge in [0.1, 0.15) is 12.4 Å². The average molecular weight is 221 g/mol. The molecule has 0 aliphatic carbocycles. The summed E-state index contributed by atoms with van der Waals surface area (Å²) < 4.78 is 5.54. The van der Waals surface area contributed by atoms with Crippen molar-refractivity contribution in [1.82, 2.24) is 0 Å². The van der Waals surface area contributed by atoms with Crippen LogP contribution in [0.2, 0.25) is 0 Å². The zero-order valence-electron chi connectivity index (χ0n) is 10.5. The lowest BCUT2D eigenvalue weighted by molar-refractivity contribution is 0.326. The zero-order valence-corrected chi connectivity index (χ0v) is 10.5. The molecule has 16 heavy (non-hydrogen) atoms. The van der Waals surface area contributed by atoms with E-state index in [0.717, 1.165) is 5.75 Å². The normalized spacial score (nSPS) is 10.4. The fraction of sp³-hybridized carbons (Fsp3) is 0.571. The maximum Gasteiger partial charge on any atom is 0.122 e. The van der Waals surface area contributed by atoms with Gasteiger partial charge in [-0.3, -0.25) is 0 Å². The lowest BCUT2D eigenvalue weighted by Crippen LogP contribution is -2.11. The molecule has 0 unspecified atom stereocenters. The number of rotatable bonds is 7. The summed E-state index contributed by atoms with van der Waals surface area (Å²) >= 11 is 0. The van der Waals surface area contributed by atoms with Crippen molar-refractivity contribution >= 4 is 0 Å². The number of hydrogen-bond donors (Lipinski definition) is 1. The van der Waals surface area contributed by atoms with Gasteiger partial charge in [-0.15, -0.1) is 0 Å². The molecule has 0 aromatic heterocycles. The molecule has 90 valence electrons. The summed E-state index contributed by atoms with van der Waals surface area (Å²) in [7, 11) is 0. The van der Waals surface area contributed by atoms with E-state index in [1.807, 2.05) is 0 Å². The van der Waals surface area contributed by atoms with Gasteiger partial charge in [0.05, 0.1) is 0 Å². The number of ether oxygens (including phenoxy) is 1. The van der Waals surface area contributed by atoms with Gasteiger partial charge in [-0.1, -0.05) is 31.9 Å². The molecule has 2 N–H and O–H groups in total. The topological polar surface area (TPSA) is 35.2 Å². The summed E-state index contributed by atoms with van der Waals surface area (Å²) in [5.74, 6) is 0.963. The van der Waals surface area contributed by atoms with E-state index in [0.29, 0.717) is 13.2 Å². The fourth-order valence-electron chi connectivity index (χ4n) is 1.78. The molecule has 1 aromatic rings. The molecule has 1 aromatic carbocycles. The Morgan fingerprint density at radius 3 is 2.69 bits per heavy atom. The van der Waals surface area contributed by atoms with E-state index in [1.165, 1.54) is 36.8 Å². The molecule has 0 fully saturated rings. The van der Waals surface area contributed by atoms with Gasteiger partial charge < -0.3 is 10.5 Å². The third-order valence-corrected chi connectivity index (χ3v) is 2.68. The average Bonchev–Trinajstić information content (AvgIpc) is 2.28. The first-order valence-electron chi connectivity index (χ1n) is 6.20. The minimum absolute atomic E-state index is 0.567. The molecule has 0 aliphatic rings. The highest BCUT2D eigenvalue weighted by Crippen LogP contribution is 2.20. The third kappa shape index (κ3) is 4.23. The second kappa shape index (κ2) is 7.29. The van der Waals surface area contributed by atoms with E-state index in [1.54, 1.807) is 0 Å². The Balaban J connectivity index is 2.53. The van der Waals surface area contributed by atoms with Gasteiger partial charge >= 0.3 is 0 Å². The molecule has 0 aliphatic heterocycles. The Labute approximate surface area is 98.8 Å². The molecule has 0 atom stereocenters. The second-order valence-electron chi connectivity index (χ2n) is 4.19. The van der Waals surface area contributed by atoms with Crippen molar-refractivity contribution in [2.45, 2.75) is 39.5 Å². The number of aryl methyl sites for hydroxylation is 2. The number of benzene rings is 1. The second-order valence-corrected chi connectivity index (χ2v) is 4.19. The summed E-state index contributed by atoms with van der Waals surface area (Å²) in [5.41, 5.74) is 8.03. The molecule has 2 nitrogen and oxygen atoms in total. The first kappa shape index (κ1) is 13.0. The van der Waals surface area contributed by atoms with Crippen LogP contribution < -0.4 is 10.5 Å². The molecule has 0 amide bonds. The number of hydrogen-bond acceptors (Lipinski definition) is 2. The molecular weight excluding hydrogens is 198 g/mol. The van der Waals surface area contributed by atoms with Gasteiger partial charge in [0.2, 0.25) is 0 Å². The lowest BCUT2D eigenvalue weighted by atomic mass is 10.0. The SMILES string of the molecule is CCCCCc1ccc(OCCN)c(C)c1. The molecular formula is C14H23NO. The summed E-state index contributed by atoms with van der Waals surface area (Å²) in [6.07, 6.45) is 5.03. The minimum atomic E-state index is 0.567. The van der Waals surface area contributed by atoms with Crippen molar-refractivity contribution in [1.29, 1.82) is 0 Å². The van der Waals surface area contributed by atoms with Gasteiger partial charge in [0.25, 0.3) is 0 Å². The minimum Gasteiger partial charge on any atom is -0.492 e. The van der Waals surface area contributed by atoms with E-state index in [9.17, 15) is 0 Å². The number of unbranched alkanes of at least 4 members (excludes halogenated alkanes) is 2. The van der Waals surface area contributed by atoms with Gasteiger partial charge in [0, 0.05) is 6.54 Å². The molecule has 0 saturated carbocycles. The van der Waals surface area contributed by atoms with E-state index in [2.05, 4.69) is 32.0 Å². The van der Waals surface area contributed by atoms with Crippen LogP contribution in [0.25, 0.3) is 0 Å². The highest BCUT2D eigenvalue weighted by molar-refractivity contribution is 5.36. The summed E-state index contributed by atoms with van der Waals surface area (Å²) in [6.45, 7) is 5.48. The van der Waals surface area contributed by atoms with Crippen LogP contribution >= 0.6 is 0 Å². The first-order valence-corrected chi connectivity index (χ1v) is 6.20. The Kier molecular flexibility index (Phi) is 5.94. The predicted molar refractivity (Wildman–Crippen MR) is 69.0 cm³/mol. The van der Waals surface area contributed by atoms with Crippen molar-refractivity contribution in [3.8, 4) is 5.75 Å². The van der Waals surface area contributed by atoms with E-state index >= 15 is 0 Å². The summed E-state index contributed by atoms with van der Waals surface area (Å²) in [6, 6.07) is 6.45. The van der Waals surface area contributed by atoms with Gasteiger partial charge in [-0.2, -0.15) is 0 Å². The Morgan fingerprint density at radius 1 is 1.25 bits per heavy atom. The molecule has 0 spiro atoms. The maximum atomic E-state index is 5.54. The van der Waals surface area contributed by atoms with E-state index in [-0.39, 0.29) is 0 Å². The Bertz CT molecular complexity index is 310. The van der Waals surface area contributed by atoms with Crippen molar-refractivity contribution in [2.24, 2.45) is 5.73 Å². The molecule has 0 saturated heterocycles. The van der Waals surface area contributed by atoms with Crippen molar-refractivity contribution in [3.05, 3.63) is 29.3 Å². The molecule has 1 rings (SSSR count). The predicted octanol–water partition coefficient (Wildman–Crippen LogP) is 3.07. The van der Waals surface area contributed by atoms with Crippen LogP contribution in [0.15, 0.2) is 18.2 Å². The molecule has 0 bridgehead atoms. The molecule has 0 radical (unpaired) electrons. The van der Waals surface area contributed by atoms with Gasteiger partial charge in [-0.25, -0.2) is 0 Å². The lowest BCUT2D eigenvalue weighted by Gasteiger charge is -2.09. The smallest absolute Gasteiger partial charge is 0.122 e. The van der Waals surface area contributed by atoms with Gasteiger partial charge in [0.15, 0.2) is 0 Å². The van der Waals surface area contributed by atoms with Crippen molar-refractivity contribution < 1.29 is 4.74 Å². The highest BCUT2D eigenvalue weighted by Gasteiger charge is 2.00. The van der Waals surface area contributed by atoms with Crippen LogP contribution in [0, 0.1) is 6.92 Å². The van der Waals surface area contributed by atoms with Crippen molar-refractivity contribution in [3.63, 3.8) is 0 Å².